The Kier molecular flexibility index (Phi) is 5.00. The molecule has 0 saturated carbocycles. The predicted octanol–water partition coefficient (Wildman–Crippen LogP) is 2.83. The SMILES string of the molecule is Oc1c(Br)ccc(Br)c1[C@@H](CF)N1CCNCC1. The second kappa shape index (κ2) is 6.32. The monoisotopic (exact) mass is 380 g/mol. The number of aromatic hydroxyl groups is 1. The summed E-state index contributed by atoms with van der Waals surface area (Å²) in [5.74, 6) is 0.116. The fourth-order valence-corrected chi connectivity index (χ4v) is 3.15. The summed E-state index contributed by atoms with van der Waals surface area (Å²) in [6.07, 6.45) is 0. The molecule has 0 aliphatic carbocycles. The van der Waals surface area contributed by atoms with Gasteiger partial charge >= 0.3 is 0 Å². The highest BCUT2D eigenvalue weighted by atomic mass is 79.9. The van der Waals surface area contributed by atoms with E-state index in [0.717, 1.165) is 30.7 Å². The van der Waals surface area contributed by atoms with Crippen LogP contribution in [0.5, 0.6) is 5.75 Å². The third-order valence-electron chi connectivity index (χ3n) is 3.19. The van der Waals surface area contributed by atoms with Crippen LogP contribution in [-0.4, -0.2) is 42.9 Å². The number of nitrogens with one attached hydrogen (secondary N) is 1. The topological polar surface area (TPSA) is 35.5 Å². The van der Waals surface area contributed by atoms with Gasteiger partial charge in [-0.25, -0.2) is 4.39 Å². The van der Waals surface area contributed by atoms with E-state index in [4.69, 9.17) is 0 Å². The van der Waals surface area contributed by atoms with Gasteiger partial charge in [-0.15, -0.1) is 0 Å². The molecule has 0 amide bonds. The summed E-state index contributed by atoms with van der Waals surface area (Å²) >= 11 is 6.68. The van der Waals surface area contributed by atoms with Gasteiger partial charge in [-0.3, -0.25) is 4.90 Å². The maximum absolute atomic E-state index is 13.4. The van der Waals surface area contributed by atoms with Crippen LogP contribution in [-0.2, 0) is 0 Å². The minimum atomic E-state index is -0.511. The molecule has 1 fully saturated rings. The summed E-state index contributed by atoms with van der Waals surface area (Å²) in [5.41, 5.74) is 0.619. The van der Waals surface area contributed by atoms with E-state index in [9.17, 15) is 9.50 Å². The number of phenolic OH excluding ortho intramolecular Hbond substituents is 1. The van der Waals surface area contributed by atoms with Gasteiger partial charge in [0.05, 0.1) is 10.5 Å². The van der Waals surface area contributed by atoms with Gasteiger partial charge in [0.1, 0.15) is 12.4 Å². The van der Waals surface area contributed by atoms with E-state index in [1.165, 1.54) is 0 Å². The zero-order chi connectivity index (χ0) is 13.1. The molecule has 1 saturated heterocycles. The van der Waals surface area contributed by atoms with Crippen LogP contribution in [0.25, 0.3) is 0 Å². The quantitative estimate of drug-likeness (QED) is 0.845. The molecule has 1 aromatic carbocycles. The number of halogens is 3. The molecule has 1 aliphatic rings. The summed E-state index contributed by atoms with van der Waals surface area (Å²) in [4.78, 5) is 2.06. The molecule has 2 N–H and O–H groups in total. The second-order valence-electron chi connectivity index (χ2n) is 4.25. The van der Waals surface area contributed by atoms with E-state index >= 15 is 0 Å². The number of piperazine rings is 1. The minimum absolute atomic E-state index is 0.116. The Morgan fingerprint density at radius 1 is 1.28 bits per heavy atom. The molecular formula is C12H15Br2FN2O. The second-order valence-corrected chi connectivity index (χ2v) is 5.96. The van der Waals surface area contributed by atoms with Crippen LogP contribution in [0.3, 0.4) is 0 Å². The van der Waals surface area contributed by atoms with E-state index in [1.807, 2.05) is 6.07 Å². The molecule has 0 spiro atoms. The summed E-state index contributed by atoms with van der Waals surface area (Å²) < 4.78 is 14.7. The molecule has 100 valence electrons. The van der Waals surface area contributed by atoms with Crippen molar-refractivity contribution in [1.29, 1.82) is 0 Å². The molecule has 0 radical (unpaired) electrons. The molecule has 18 heavy (non-hydrogen) atoms. The maximum Gasteiger partial charge on any atom is 0.135 e. The van der Waals surface area contributed by atoms with Gasteiger partial charge in [-0.2, -0.15) is 0 Å². The normalized spacial score (nSPS) is 18.8. The first kappa shape index (κ1) is 14.2. The molecule has 1 aromatic rings. The van der Waals surface area contributed by atoms with Gasteiger partial charge in [0.25, 0.3) is 0 Å². The molecule has 6 heteroatoms. The van der Waals surface area contributed by atoms with E-state index < -0.39 is 12.7 Å². The van der Waals surface area contributed by atoms with Gasteiger partial charge in [-0.05, 0) is 28.1 Å². The molecule has 0 aromatic heterocycles. The van der Waals surface area contributed by atoms with Crippen LogP contribution in [0.15, 0.2) is 21.1 Å². The Bertz CT molecular complexity index is 425. The van der Waals surface area contributed by atoms with Crippen molar-refractivity contribution >= 4 is 31.9 Å². The summed E-state index contributed by atoms with van der Waals surface area (Å²) in [6.45, 7) is 2.76. The number of rotatable bonds is 3. The van der Waals surface area contributed by atoms with Gasteiger partial charge in [0, 0.05) is 36.2 Å². The number of hydrogen-bond donors (Lipinski definition) is 2. The zero-order valence-corrected chi connectivity index (χ0v) is 13.0. The average Bonchev–Trinajstić information content (AvgIpc) is 2.40. The lowest BCUT2D eigenvalue weighted by molar-refractivity contribution is 0.144. The molecule has 0 unspecified atom stereocenters. The Morgan fingerprint density at radius 2 is 1.89 bits per heavy atom. The lowest BCUT2D eigenvalue weighted by Gasteiger charge is -2.34. The van der Waals surface area contributed by atoms with Crippen molar-refractivity contribution in [2.24, 2.45) is 0 Å². The number of phenols is 1. The van der Waals surface area contributed by atoms with Crippen LogP contribution in [0.1, 0.15) is 11.6 Å². The minimum Gasteiger partial charge on any atom is -0.506 e. The van der Waals surface area contributed by atoms with Crippen LogP contribution >= 0.6 is 31.9 Å². The number of alkyl halides is 1. The standard InChI is InChI=1S/C12H15Br2FN2O/c13-8-1-2-9(14)12(18)11(8)10(7-15)17-5-3-16-4-6-17/h1-2,10,16,18H,3-7H2/t10-/m1/s1. The lowest BCUT2D eigenvalue weighted by Crippen LogP contribution is -2.45. The van der Waals surface area contributed by atoms with Gasteiger partial charge in [0.15, 0.2) is 0 Å². The molecule has 1 heterocycles. The smallest absolute Gasteiger partial charge is 0.135 e. The zero-order valence-electron chi connectivity index (χ0n) is 9.80. The van der Waals surface area contributed by atoms with Crippen molar-refractivity contribution in [3.05, 3.63) is 26.6 Å². The van der Waals surface area contributed by atoms with Crippen LogP contribution in [0.2, 0.25) is 0 Å². The fourth-order valence-electron chi connectivity index (χ4n) is 2.22. The van der Waals surface area contributed by atoms with Crippen molar-refractivity contribution in [3.8, 4) is 5.75 Å². The molecule has 1 atom stereocenters. The van der Waals surface area contributed by atoms with Crippen molar-refractivity contribution in [1.82, 2.24) is 10.2 Å². The summed E-state index contributed by atoms with van der Waals surface area (Å²) in [6, 6.07) is 3.17. The molecule has 3 nitrogen and oxygen atoms in total. The first-order chi connectivity index (χ1) is 8.65. The molecule has 1 aliphatic heterocycles. The Balaban J connectivity index is 2.34. The third kappa shape index (κ3) is 2.87. The van der Waals surface area contributed by atoms with E-state index in [1.54, 1.807) is 6.07 Å². The Labute approximate surface area is 123 Å². The highest BCUT2D eigenvalue weighted by Gasteiger charge is 2.27. The number of nitrogens with zero attached hydrogens (tertiary/aromatic N) is 1. The van der Waals surface area contributed by atoms with E-state index in [-0.39, 0.29) is 5.75 Å². The lowest BCUT2D eigenvalue weighted by atomic mass is 10.0. The fraction of sp³-hybridized carbons (Fsp3) is 0.500. The third-order valence-corrected chi connectivity index (χ3v) is 4.52. The average molecular weight is 382 g/mol. The Morgan fingerprint density at radius 3 is 2.50 bits per heavy atom. The molecule has 2 rings (SSSR count). The van der Waals surface area contributed by atoms with E-state index in [2.05, 4.69) is 42.1 Å². The van der Waals surface area contributed by atoms with Crippen molar-refractivity contribution in [2.75, 3.05) is 32.9 Å². The Hall–Kier alpha value is -0.170. The number of benzene rings is 1. The van der Waals surface area contributed by atoms with E-state index in [0.29, 0.717) is 10.0 Å². The number of hydrogen-bond acceptors (Lipinski definition) is 3. The first-order valence-corrected chi connectivity index (χ1v) is 7.41. The van der Waals surface area contributed by atoms with Gasteiger partial charge in [0.2, 0.25) is 0 Å². The highest BCUT2D eigenvalue weighted by Crippen LogP contribution is 2.39. The van der Waals surface area contributed by atoms with Gasteiger partial charge in [-0.1, -0.05) is 15.9 Å². The highest BCUT2D eigenvalue weighted by molar-refractivity contribution is 9.11. The van der Waals surface area contributed by atoms with Crippen LogP contribution in [0.4, 0.5) is 4.39 Å². The molecular weight excluding hydrogens is 367 g/mol. The van der Waals surface area contributed by atoms with Gasteiger partial charge < -0.3 is 10.4 Å². The first-order valence-electron chi connectivity index (χ1n) is 5.82. The molecule has 0 bridgehead atoms. The largest absolute Gasteiger partial charge is 0.506 e. The van der Waals surface area contributed by atoms with Crippen molar-refractivity contribution in [2.45, 2.75) is 6.04 Å². The van der Waals surface area contributed by atoms with Crippen LogP contribution < -0.4 is 5.32 Å². The predicted molar refractivity (Wildman–Crippen MR) is 76.7 cm³/mol. The maximum atomic E-state index is 13.4. The summed E-state index contributed by atoms with van der Waals surface area (Å²) in [7, 11) is 0. The van der Waals surface area contributed by atoms with Crippen molar-refractivity contribution < 1.29 is 9.50 Å². The van der Waals surface area contributed by atoms with Crippen LogP contribution in [0, 0.1) is 0 Å². The van der Waals surface area contributed by atoms with Crippen molar-refractivity contribution in [3.63, 3.8) is 0 Å². The summed E-state index contributed by atoms with van der Waals surface area (Å²) in [5, 5.41) is 13.4.